The van der Waals surface area contributed by atoms with Gasteiger partial charge in [0.1, 0.15) is 11.5 Å². The van der Waals surface area contributed by atoms with Crippen molar-refractivity contribution in [3.05, 3.63) is 15.4 Å². The summed E-state index contributed by atoms with van der Waals surface area (Å²) in [6, 6.07) is 1.75. The van der Waals surface area contributed by atoms with Crippen molar-refractivity contribution < 1.29 is 0 Å². The fraction of sp³-hybridized carbons (Fsp3) is 0. The summed E-state index contributed by atoms with van der Waals surface area (Å²) in [5, 5.41) is 6.60. The van der Waals surface area contributed by atoms with Gasteiger partial charge in [-0.1, -0.05) is 0 Å². The molecule has 2 rings (SSSR count). The molecule has 0 radical (unpaired) electrons. The van der Waals surface area contributed by atoms with Crippen LogP contribution in [0.2, 0.25) is 0 Å². The van der Waals surface area contributed by atoms with Crippen LogP contribution in [0, 0.1) is 0 Å². The number of anilines is 1. The fourth-order valence-corrected chi connectivity index (χ4v) is 1.96. The minimum atomic E-state index is 0.477. The number of nitrogens with two attached hydrogens (primary N) is 1. The van der Waals surface area contributed by atoms with E-state index in [2.05, 4.69) is 31.1 Å². The third kappa shape index (κ3) is 1.23. The Labute approximate surface area is 81.0 Å². The van der Waals surface area contributed by atoms with Crippen molar-refractivity contribution in [2.45, 2.75) is 0 Å². The third-order valence-electron chi connectivity index (χ3n) is 1.38. The molecule has 0 aromatic carbocycles. The second-order valence-electron chi connectivity index (χ2n) is 2.18. The van der Waals surface area contributed by atoms with Crippen LogP contribution in [0.5, 0.6) is 0 Å². The Morgan fingerprint density at radius 3 is 2.92 bits per heavy atom. The molecule has 0 aliphatic heterocycles. The maximum absolute atomic E-state index is 5.45. The van der Waals surface area contributed by atoms with Crippen LogP contribution < -0.4 is 5.73 Å². The lowest BCUT2D eigenvalue weighted by atomic mass is 10.3. The van der Waals surface area contributed by atoms with Crippen LogP contribution in [0.4, 0.5) is 5.82 Å². The molecule has 0 bridgehead atoms. The molecule has 3 N–H and O–H groups in total. The van der Waals surface area contributed by atoms with Crippen molar-refractivity contribution in [1.29, 1.82) is 0 Å². The number of thiazole rings is 1. The molecule has 0 aliphatic rings. The van der Waals surface area contributed by atoms with E-state index in [-0.39, 0.29) is 0 Å². The van der Waals surface area contributed by atoms with Gasteiger partial charge >= 0.3 is 0 Å². The van der Waals surface area contributed by atoms with Gasteiger partial charge in [0, 0.05) is 6.07 Å². The second-order valence-corrected chi connectivity index (χ2v) is 4.35. The van der Waals surface area contributed by atoms with Gasteiger partial charge in [-0.2, -0.15) is 5.10 Å². The Kier molecular flexibility index (Phi) is 1.86. The second kappa shape index (κ2) is 2.87. The quantitative estimate of drug-likeness (QED) is 0.805. The molecule has 0 amide bonds. The Morgan fingerprint density at radius 2 is 2.42 bits per heavy atom. The number of H-pyrrole nitrogens is 1. The van der Waals surface area contributed by atoms with Gasteiger partial charge in [-0.15, -0.1) is 11.3 Å². The molecule has 2 aromatic rings. The first-order valence-corrected chi connectivity index (χ1v) is 4.85. The molecule has 12 heavy (non-hydrogen) atoms. The molecule has 0 fully saturated rings. The first-order chi connectivity index (χ1) is 5.77. The first-order valence-electron chi connectivity index (χ1n) is 3.17. The summed E-state index contributed by atoms with van der Waals surface area (Å²) in [6.45, 7) is 0. The van der Waals surface area contributed by atoms with E-state index >= 15 is 0 Å². The van der Waals surface area contributed by atoms with Crippen molar-refractivity contribution in [1.82, 2.24) is 15.2 Å². The highest BCUT2D eigenvalue weighted by molar-refractivity contribution is 9.11. The highest BCUT2D eigenvalue weighted by atomic mass is 79.9. The van der Waals surface area contributed by atoms with Crippen LogP contribution in [0.3, 0.4) is 0 Å². The molecule has 0 atom stereocenters. The number of rotatable bonds is 1. The van der Waals surface area contributed by atoms with Gasteiger partial charge in [-0.05, 0) is 15.9 Å². The third-order valence-corrected chi connectivity index (χ3v) is 2.92. The molecule has 0 spiro atoms. The van der Waals surface area contributed by atoms with Crippen molar-refractivity contribution in [3.8, 4) is 11.4 Å². The van der Waals surface area contributed by atoms with Gasteiger partial charge in [0.25, 0.3) is 0 Å². The van der Waals surface area contributed by atoms with Gasteiger partial charge in [0.2, 0.25) is 0 Å². The number of halogens is 1. The molecular weight excluding hydrogens is 240 g/mol. The monoisotopic (exact) mass is 244 g/mol. The molecule has 0 saturated carbocycles. The average molecular weight is 245 g/mol. The molecule has 0 aliphatic carbocycles. The predicted octanol–water partition coefficient (Wildman–Crippen LogP) is 1.88. The molecule has 2 heterocycles. The zero-order valence-corrected chi connectivity index (χ0v) is 8.32. The van der Waals surface area contributed by atoms with Crippen LogP contribution in [0.15, 0.2) is 15.4 Å². The lowest BCUT2D eigenvalue weighted by molar-refractivity contribution is 1.10. The lowest BCUT2D eigenvalue weighted by Gasteiger charge is -1.88. The molecule has 0 unspecified atom stereocenters. The number of aromatic nitrogens is 3. The van der Waals surface area contributed by atoms with Crippen LogP contribution in [-0.2, 0) is 0 Å². The summed E-state index contributed by atoms with van der Waals surface area (Å²) in [5.74, 6) is 0.477. The number of nitrogen functional groups attached to an aromatic ring is 1. The number of aromatic amines is 1. The maximum Gasteiger partial charge on any atom is 0.145 e. The first kappa shape index (κ1) is 7.75. The largest absolute Gasteiger partial charge is 0.382 e. The summed E-state index contributed by atoms with van der Waals surface area (Å²) in [7, 11) is 0. The summed E-state index contributed by atoms with van der Waals surface area (Å²) < 4.78 is 0.978. The van der Waals surface area contributed by atoms with Crippen molar-refractivity contribution in [2.75, 3.05) is 5.73 Å². The van der Waals surface area contributed by atoms with E-state index in [1.807, 2.05) is 0 Å². The molecule has 62 valence electrons. The van der Waals surface area contributed by atoms with Crippen LogP contribution in [0.25, 0.3) is 11.4 Å². The lowest BCUT2D eigenvalue weighted by Crippen LogP contribution is -1.81. The molecule has 6 heteroatoms. The van der Waals surface area contributed by atoms with Gasteiger partial charge in [-0.3, -0.25) is 5.10 Å². The maximum atomic E-state index is 5.45. The standard InChI is InChI=1S/C6H5BrN4S/c7-6-5(9-2-12-6)3-1-4(8)11-10-3/h1-2H,(H3,8,10,11). The number of nitrogens with one attached hydrogen (secondary N) is 1. The van der Waals surface area contributed by atoms with E-state index in [1.54, 1.807) is 11.6 Å². The smallest absolute Gasteiger partial charge is 0.145 e. The van der Waals surface area contributed by atoms with E-state index in [9.17, 15) is 0 Å². The summed E-state index contributed by atoms with van der Waals surface area (Å²) in [5.41, 5.74) is 8.90. The predicted molar refractivity (Wildman–Crippen MR) is 51.8 cm³/mol. The van der Waals surface area contributed by atoms with Crippen molar-refractivity contribution >= 4 is 33.1 Å². The van der Waals surface area contributed by atoms with Crippen molar-refractivity contribution in [2.24, 2.45) is 0 Å². The van der Waals surface area contributed by atoms with E-state index < -0.39 is 0 Å². The highest BCUT2D eigenvalue weighted by Crippen LogP contribution is 2.29. The van der Waals surface area contributed by atoms with Gasteiger partial charge in [0.05, 0.1) is 15.0 Å². The molecular formula is C6H5BrN4S. The highest BCUT2D eigenvalue weighted by Gasteiger charge is 2.07. The normalized spacial score (nSPS) is 10.4. The van der Waals surface area contributed by atoms with Gasteiger partial charge in [0.15, 0.2) is 0 Å². The number of hydrogen-bond acceptors (Lipinski definition) is 4. The Hall–Kier alpha value is -0.880. The van der Waals surface area contributed by atoms with E-state index in [0.717, 1.165) is 15.2 Å². The van der Waals surface area contributed by atoms with Crippen LogP contribution in [0.1, 0.15) is 0 Å². The topological polar surface area (TPSA) is 67.6 Å². The zero-order chi connectivity index (χ0) is 8.55. The minimum Gasteiger partial charge on any atom is -0.382 e. The Balaban J connectivity index is 2.50. The SMILES string of the molecule is Nc1cc(-c2ncsc2Br)[nH]n1. The van der Waals surface area contributed by atoms with Gasteiger partial charge < -0.3 is 5.73 Å². The number of nitrogens with zero attached hydrogens (tertiary/aromatic N) is 2. The van der Waals surface area contributed by atoms with E-state index in [1.165, 1.54) is 11.3 Å². The van der Waals surface area contributed by atoms with Crippen molar-refractivity contribution in [3.63, 3.8) is 0 Å². The van der Waals surface area contributed by atoms with Crippen LogP contribution in [-0.4, -0.2) is 15.2 Å². The van der Waals surface area contributed by atoms with E-state index in [0.29, 0.717) is 5.82 Å². The molecule has 4 nitrogen and oxygen atoms in total. The van der Waals surface area contributed by atoms with E-state index in [4.69, 9.17) is 5.73 Å². The summed E-state index contributed by atoms with van der Waals surface area (Å²) >= 11 is 4.91. The zero-order valence-electron chi connectivity index (χ0n) is 5.91. The molecule has 2 aromatic heterocycles. The molecule has 0 saturated heterocycles. The summed E-state index contributed by atoms with van der Waals surface area (Å²) in [6.07, 6.45) is 0. The average Bonchev–Trinajstić information content (AvgIpc) is 2.58. The Bertz CT molecular complexity index is 394. The van der Waals surface area contributed by atoms with Gasteiger partial charge in [-0.25, -0.2) is 4.98 Å². The Morgan fingerprint density at radius 1 is 1.58 bits per heavy atom. The fourth-order valence-electron chi connectivity index (χ4n) is 0.866. The number of hydrogen-bond donors (Lipinski definition) is 2. The minimum absolute atomic E-state index is 0.477. The summed E-state index contributed by atoms with van der Waals surface area (Å²) in [4.78, 5) is 4.14. The van der Waals surface area contributed by atoms with Crippen LogP contribution >= 0.6 is 27.3 Å².